The predicted molar refractivity (Wildman–Crippen MR) is 108 cm³/mol. The van der Waals surface area contributed by atoms with Crippen molar-refractivity contribution in [2.45, 2.75) is 44.9 Å². The van der Waals surface area contributed by atoms with Crippen molar-refractivity contribution in [1.82, 2.24) is 0 Å². The molecule has 3 nitrogen and oxygen atoms in total. The van der Waals surface area contributed by atoms with Crippen LogP contribution in [0.5, 0.6) is 11.5 Å². The third-order valence-electron chi connectivity index (χ3n) is 5.24. The Labute approximate surface area is 172 Å². The van der Waals surface area contributed by atoms with Crippen molar-refractivity contribution in [3.63, 3.8) is 0 Å². The molecule has 7 heteroatoms. The highest BCUT2D eigenvalue weighted by molar-refractivity contribution is 5.86. The van der Waals surface area contributed by atoms with Gasteiger partial charge in [-0.25, -0.2) is 13.8 Å². The molecule has 0 saturated heterocycles. The van der Waals surface area contributed by atoms with Gasteiger partial charge in [0.2, 0.25) is 11.6 Å². The largest absolute Gasteiger partial charge is 0.507 e. The Morgan fingerprint density at radius 1 is 1.07 bits per heavy atom. The van der Waals surface area contributed by atoms with Crippen LogP contribution < -0.4 is 4.74 Å². The van der Waals surface area contributed by atoms with E-state index in [9.17, 15) is 22.7 Å². The van der Waals surface area contributed by atoms with E-state index < -0.39 is 34.7 Å². The summed E-state index contributed by atoms with van der Waals surface area (Å²) in [5, 5.41) is 10.7. The van der Waals surface area contributed by atoms with E-state index >= 15 is 0 Å². The highest BCUT2D eigenvalue weighted by atomic mass is 19.2. The lowest BCUT2D eigenvalue weighted by molar-refractivity contribution is 0.303. The minimum atomic E-state index is -1.68. The van der Waals surface area contributed by atoms with Gasteiger partial charge in [-0.15, -0.1) is 0 Å². The molecule has 1 saturated carbocycles. The molecule has 0 heterocycles. The Kier molecular flexibility index (Phi) is 6.80. The molecule has 0 spiro atoms. The van der Waals surface area contributed by atoms with Gasteiger partial charge in [0.25, 0.3) is 0 Å². The van der Waals surface area contributed by atoms with Crippen LogP contribution in [0, 0.1) is 30.2 Å². The Hall–Kier alpha value is -2.83. The fourth-order valence-electron chi connectivity index (χ4n) is 3.78. The van der Waals surface area contributed by atoms with Gasteiger partial charge < -0.3 is 9.84 Å². The summed E-state index contributed by atoms with van der Waals surface area (Å²) in [6, 6.07) is 3.48. The number of aromatic hydroxyl groups is 1. The predicted octanol–water partition coefficient (Wildman–Crippen LogP) is 6.62. The normalized spacial score (nSPS) is 15.0. The molecule has 30 heavy (non-hydrogen) atoms. The highest BCUT2D eigenvalue weighted by Crippen LogP contribution is 2.39. The third kappa shape index (κ3) is 4.35. The van der Waals surface area contributed by atoms with Gasteiger partial charge in [0, 0.05) is 11.8 Å². The molecule has 0 unspecified atom stereocenters. The summed E-state index contributed by atoms with van der Waals surface area (Å²) in [6.07, 6.45) is 7.37. The lowest BCUT2D eigenvalue weighted by Crippen LogP contribution is -2.06. The van der Waals surface area contributed by atoms with E-state index in [0.717, 1.165) is 49.4 Å². The molecule has 160 valence electrons. The van der Waals surface area contributed by atoms with Gasteiger partial charge in [-0.2, -0.15) is 8.78 Å². The number of aryl methyl sites for hydroxylation is 1. The minimum absolute atomic E-state index is 0.0380. The number of phenolic OH excluding ortho intramolecular Hbond substituents is 1. The van der Waals surface area contributed by atoms with Crippen molar-refractivity contribution >= 4 is 11.9 Å². The number of phenols is 1. The summed E-state index contributed by atoms with van der Waals surface area (Å²) in [5.74, 6) is -7.73. The molecule has 1 aliphatic carbocycles. The van der Waals surface area contributed by atoms with Gasteiger partial charge >= 0.3 is 0 Å². The van der Waals surface area contributed by atoms with Crippen molar-refractivity contribution in [2.75, 3.05) is 6.61 Å². The van der Waals surface area contributed by atoms with Crippen molar-refractivity contribution < 1.29 is 27.4 Å². The number of benzene rings is 2. The van der Waals surface area contributed by atoms with Crippen LogP contribution in [0.15, 0.2) is 29.8 Å². The van der Waals surface area contributed by atoms with E-state index in [-0.39, 0.29) is 23.8 Å². The Morgan fingerprint density at radius 2 is 1.70 bits per heavy atom. The molecule has 0 bridgehead atoms. The highest BCUT2D eigenvalue weighted by Gasteiger charge is 2.27. The second kappa shape index (κ2) is 9.32. The Bertz CT molecular complexity index is 953. The van der Waals surface area contributed by atoms with Crippen LogP contribution in [0.2, 0.25) is 0 Å². The van der Waals surface area contributed by atoms with E-state index in [4.69, 9.17) is 0 Å². The number of ether oxygens (including phenoxy) is 1. The van der Waals surface area contributed by atoms with E-state index in [2.05, 4.69) is 16.3 Å². The molecule has 1 N–H and O–H groups in total. The number of hydrogen-bond donors (Lipinski definition) is 1. The maximum atomic E-state index is 14.3. The summed E-state index contributed by atoms with van der Waals surface area (Å²) in [6.45, 7) is 4.82. The molecule has 0 amide bonds. The molecular weight excluding hydrogens is 398 g/mol. The van der Waals surface area contributed by atoms with Gasteiger partial charge in [-0.3, -0.25) is 0 Å². The van der Waals surface area contributed by atoms with E-state index in [1.54, 1.807) is 6.07 Å². The quantitative estimate of drug-likeness (QED) is 0.246. The van der Waals surface area contributed by atoms with Gasteiger partial charge in [0.15, 0.2) is 17.4 Å². The average Bonchev–Trinajstić information content (AvgIpc) is 2.75. The van der Waals surface area contributed by atoms with Crippen LogP contribution in [-0.2, 0) is 0 Å². The number of halogens is 4. The smallest absolute Gasteiger partial charge is 0.206 e. The molecule has 2 aromatic carbocycles. The number of aliphatic imine (C=N–C) groups is 1. The molecular formula is C23H23F4NO2. The third-order valence-corrected chi connectivity index (χ3v) is 5.24. The van der Waals surface area contributed by atoms with Crippen molar-refractivity contribution in [3.8, 4) is 11.5 Å². The molecule has 0 atom stereocenters. The van der Waals surface area contributed by atoms with E-state index in [1.807, 2.05) is 13.0 Å². The van der Waals surface area contributed by atoms with Gasteiger partial charge in [-0.05, 0) is 42.9 Å². The van der Waals surface area contributed by atoms with E-state index in [1.165, 1.54) is 6.08 Å². The molecule has 0 radical (unpaired) electrons. The zero-order valence-corrected chi connectivity index (χ0v) is 16.7. The molecule has 2 aromatic rings. The van der Waals surface area contributed by atoms with Crippen LogP contribution in [0.4, 0.5) is 23.2 Å². The van der Waals surface area contributed by atoms with Crippen LogP contribution in [0.3, 0.4) is 0 Å². The summed E-state index contributed by atoms with van der Waals surface area (Å²) < 4.78 is 61.6. The maximum absolute atomic E-state index is 14.3. The van der Waals surface area contributed by atoms with Crippen molar-refractivity contribution in [3.05, 3.63) is 64.7 Å². The second-order valence-corrected chi connectivity index (χ2v) is 7.42. The summed E-state index contributed by atoms with van der Waals surface area (Å²) in [7, 11) is 0. The fraction of sp³-hybridized carbons (Fsp3) is 0.348. The average molecular weight is 421 g/mol. The van der Waals surface area contributed by atoms with Crippen LogP contribution in [0.1, 0.15) is 54.7 Å². The van der Waals surface area contributed by atoms with Gasteiger partial charge in [-0.1, -0.05) is 38.0 Å². The van der Waals surface area contributed by atoms with Crippen molar-refractivity contribution in [1.29, 1.82) is 0 Å². The van der Waals surface area contributed by atoms with Gasteiger partial charge in [0.1, 0.15) is 18.0 Å². The molecule has 3 rings (SSSR count). The van der Waals surface area contributed by atoms with Crippen molar-refractivity contribution in [2.24, 2.45) is 4.99 Å². The van der Waals surface area contributed by atoms with Crippen LogP contribution in [0.25, 0.3) is 0 Å². The van der Waals surface area contributed by atoms with E-state index in [0.29, 0.717) is 0 Å². The zero-order chi connectivity index (χ0) is 21.8. The number of hydrogen-bond acceptors (Lipinski definition) is 3. The van der Waals surface area contributed by atoms with Crippen LogP contribution >= 0.6 is 0 Å². The second-order valence-electron chi connectivity index (χ2n) is 7.42. The maximum Gasteiger partial charge on any atom is 0.206 e. The summed E-state index contributed by atoms with van der Waals surface area (Å²) in [5.41, 5.74) is 0.683. The first-order valence-electron chi connectivity index (χ1n) is 9.82. The number of nitrogens with zero attached hydrogens (tertiary/aromatic N) is 1. The lowest BCUT2D eigenvalue weighted by Gasteiger charge is -2.23. The lowest BCUT2D eigenvalue weighted by atomic mass is 9.82. The summed E-state index contributed by atoms with van der Waals surface area (Å²) >= 11 is 0. The Morgan fingerprint density at radius 3 is 2.30 bits per heavy atom. The molecule has 0 aliphatic heterocycles. The summed E-state index contributed by atoms with van der Waals surface area (Å²) in [4.78, 5) is 3.62. The first-order valence-corrected chi connectivity index (χ1v) is 9.82. The molecule has 1 aliphatic rings. The number of rotatable bonds is 6. The standard InChI is InChI=1S/C23H23F4NO2/c1-3-9-30-23-19(26)17(24)21(18(25)20(23)27)28-12-15-10-13(2)11-16(22(15)29)14-7-5-4-6-8-14/h3,10-12,14,29H,1,4-9H2,2H3. The molecule has 1 fully saturated rings. The molecule has 0 aromatic heterocycles. The first-order chi connectivity index (χ1) is 14.3. The fourth-order valence-corrected chi connectivity index (χ4v) is 3.78. The SMILES string of the molecule is C=CCOc1c(F)c(F)c(N=Cc2cc(C)cc(C3CCCCC3)c2O)c(F)c1F. The topological polar surface area (TPSA) is 41.8 Å². The Balaban J connectivity index is 2.00. The monoisotopic (exact) mass is 421 g/mol. The van der Waals surface area contributed by atoms with Crippen LogP contribution in [-0.4, -0.2) is 17.9 Å². The van der Waals surface area contributed by atoms with Gasteiger partial charge in [0.05, 0.1) is 0 Å². The zero-order valence-electron chi connectivity index (χ0n) is 16.7. The minimum Gasteiger partial charge on any atom is -0.507 e. The first kappa shape index (κ1) is 21.9.